The van der Waals surface area contributed by atoms with E-state index in [1.54, 1.807) is 12.1 Å². The highest BCUT2D eigenvalue weighted by atomic mass is 32.2. The molecular weight excluding hydrogens is 407 g/mol. The van der Waals surface area contributed by atoms with Gasteiger partial charge in [-0.2, -0.15) is 13.2 Å². The maximum atomic E-state index is 13.1. The summed E-state index contributed by atoms with van der Waals surface area (Å²) in [5.74, 6) is -0.939. The molecule has 0 radical (unpaired) electrons. The third-order valence-corrected chi connectivity index (χ3v) is 5.01. The Morgan fingerprint density at radius 1 is 1.29 bits per heavy atom. The lowest BCUT2D eigenvalue weighted by Gasteiger charge is -2.27. The van der Waals surface area contributed by atoms with E-state index in [0.29, 0.717) is 5.76 Å². The Balaban J connectivity index is 1.91. The molecule has 0 amide bonds. The fraction of sp³-hybridized carbons (Fsp3) is 0.188. The van der Waals surface area contributed by atoms with E-state index in [-0.39, 0.29) is 22.8 Å². The fourth-order valence-electron chi connectivity index (χ4n) is 2.40. The summed E-state index contributed by atoms with van der Waals surface area (Å²) in [6.45, 7) is -0.137. The van der Waals surface area contributed by atoms with Crippen LogP contribution in [0.25, 0.3) is 6.08 Å². The van der Waals surface area contributed by atoms with Crippen LogP contribution in [0, 0.1) is 0 Å². The molecule has 1 aliphatic heterocycles. The average Bonchev–Trinajstić information content (AvgIpc) is 3.11. The van der Waals surface area contributed by atoms with Crippen LogP contribution in [0.3, 0.4) is 0 Å². The number of rotatable bonds is 5. The van der Waals surface area contributed by atoms with Crippen LogP contribution in [0.1, 0.15) is 11.3 Å². The molecule has 3 rings (SSSR count). The van der Waals surface area contributed by atoms with Gasteiger partial charge in [0.25, 0.3) is 6.10 Å². The minimum absolute atomic E-state index is 0.0855. The molecule has 2 N–H and O–H groups in total. The first-order valence-corrected chi connectivity index (χ1v) is 9.06. The fourth-order valence-corrected chi connectivity index (χ4v) is 3.43. The summed E-state index contributed by atoms with van der Waals surface area (Å²) >= 11 is 0. The third kappa shape index (κ3) is 4.28. The number of ether oxygens (including phenoxy) is 2. The lowest BCUT2D eigenvalue weighted by Crippen LogP contribution is -2.39. The molecule has 2 aromatic rings. The van der Waals surface area contributed by atoms with Gasteiger partial charge in [0.2, 0.25) is 10.0 Å². The second-order valence-corrected chi connectivity index (χ2v) is 7.32. The highest BCUT2D eigenvalue weighted by molar-refractivity contribution is 7.89. The average molecular weight is 419 g/mol. The smallest absolute Gasteiger partial charge is 0.472 e. The monoisotopic (exact) mass is 419 g/mol. The minimum Gasteiger partial charge on any atom is -0.472 e. The van der Waals surface area contributed by atoms with Gasteiger partial charge in [0.05, 0.1) is 17.7 Å². The molecule has 0 aliphatic carbocycles. The summed E-state index contributed by atoms with van der Waals surface area (Å²) in [5.41, 5.74) is -0.0855. The molecule has 1 aromatic carbocycles. The molecular formula is C16H12F3NO7S. The zero-order valence-electron chi connectivity index (χ0n) is 13.8. The van der Waals surface area contributed by atoms with Gasteiger partial charge in [-0.3, -0.25) is 0 Å². The number of carbonyl (C=O) groups is 1. The Hall–Kier alpha value is -2.99. The first kappa shape index (κ1) is 19.8. The topological polar surface area (TPSA) is 115 Å². The maximum absolute atomic E-state index is 13.1. The SMILES string of the molecule is O=C(O)OC1=Cc2cc(S(=O)(=O)NCc3ccco3)ccc2OC1C(F)(F)F. The van der Waals surface area contributed by atoms with Crippen LogP contribution in [0.15, 0.2) is 51.7 Å². The highest BCUT2D eigenvalue weighted by Crippen LogP contribution is 2.38. The number of carboxylic acid groups (broad SMARTS) is 1. The van der Waals surface area contributed by atoms with Crippen LogP contribution in [0.4, 0.5) is 18.0 Å². The minimum atomic E-state index is -4.94. The molecule has 1 atom stereocenters. The van der Waals surface area contributed by atoms with E-state index < -0.39 is 34.2 Å². The summed E-state index contributed by atoms with van der Waals surface area (Å²) in [7, 11) is -4.03. The molecule has 1 aromatic heterocycles. The number of sulfonamides is 1. The van der Waals surface area contributed by atoms with Gasteiger partial charge in [-0.05, 0) is 36.4 Å². The Bertz CT molecular complexity index is 1010. The van der Waals surface area contributed by atoms with E-state index >= 15 is 0 Å². The molecule has 12 heteroatoms. The van der Waals surface area contributed by atoms with E-state index in [9.17, 15) is 26.4 Å². The molecule has 28 heavy (non-hydrogen) atoms. The summed E-state index contributed by atoms with van der Waals surface area (Å²) in [4.78, 5) is 10.4. The number of nitrogens with one attached hydrogen (secondary N) is 1. The largest absolute Gasteiger partial charge is 0.511 e. The van der Waals surface area contributed by atoms with E-state index in [2.05, 4.69) is 9.46 Å². The van der Waals surface area contributed by atoms with Crippen molar-refractivity contribution in [2.45, 2.75) is 23.7 Å². The van der Waals surface area contributed by atoms with Crippen LogP contribution in [0.5, 0.6) is 5.75 Å². The van der Waals surface area contributed by atoms with Crippen molar-refractivity contribution in [3.8, 4) is 5.75 Å². The van der Waals surface area contributed by atoms with Gasteiger partial charge in [0.15, 0.2) is 5.76 Å². The molecule has 150 valence electrons. The van der Waals surface area contributed by atoms with Crippen molar-refractivity contribution in [1.29, 1.82) is 0 Å². The van der Waals surface area contributed by atoms with Crippen molar-refractivity contribution in [1.82, 2.24) is 4.72 Å². The van der Waals surface area contributed by atoms with Gasteiger partial charge in [-0.1, -0.05) is 0 Å². The second-order valence-electron chi connectivity index (χ2n) is 5.56. The molecule has 1 unspecified atom stereocenters. The Morgan fingerprint density at radius 3 is 2.64 bits per heavy atom. The number of alkyl halides is 3. The number of hydrogen-bond acceptors (Lipinski definition) is 6. The van der Waals surface area contributed by atoms with Gasteiger partial charge in [-0.15, -0.1) is 0 Å². The van der Waals surface area contributed by atoms with Gasteiger partial charge in [0, 0.05) is 5.56 Å². The van der Waals surface area contributed by atoms with Crippen LogP contribution in [-0.2, 0) is 21.3 Å². The number of halogens is 3. The van der Waals surface area contributed by atoms with E-state index in [4.69, 9.17) is 14.3 Å². The van der Waals surface area contributed by atoms with E-state index in [1.807, 2.05) is 0 Å². The maximum Gasteiger partial charge on any atom is 0.511 e. The number of fused-ring (bicyclic) bond motifs is 1. The standard InChI is InChI=1S/C16H12F3NO7S/c17-16(18,19)14-13(27-15(21)22)7-9-6-11(3-4-12(9)26-14)28(23,24)20-8-10-2-1-5-25-10/h1-7,14,20H,8H2,(H,21,22). The first-order chi connectivity index (χ1) is 13.1. The molecule has 0 saturated carbocycles. The Labute approximate surface area is 156 Å². The van der Waals surface area contributed by atoms with Crippen molar-refractivity contribution in [2.75, 3.05) is 0 Å². The normalized spacial score (nSPS) is 16.7. The molecule has 0 bridgehead atoms. The van der Waals surface area contributed by atoms with Crippen LogP contribution < -0.4 is 9.46 Å². The van der Waals surface area contributed by atoms with Gasteiger partial charge in [0.1, 0.15) is 11.5 Å². The second kappa shape index (κ2) is 7.20. The van der Waals surface area contributed by atoms with Crippen molar-refractivity contribution in [2.24, 2.45) is 0 Å². The molecule has 2 heterocycles. The predicted octanol–water partition coefficient (Wildman–Crippen LogP) is 3.12. The van der Waals surface area contributed by atoms with Gasteiger partial charge >= 0.3 is 12.3 Å². The molecule has 0 saturated heterocycles. The van der Waals surface area contributed by atoms with Crippen molar-refractivity contribution in [3.63, 3.8) is 0 Å². The predicted molar refractivity (Wildman–Crippen MR) is 86.7 cm³/mol. The highest BCUT2D eigenvalue weighted by Gasteiger charge is 2.48. The zero-order chi connectivity index (χ0) is 20.5. The van der Waals surface area contributed by atoms with Gasteiger partial charge in [-0.25, -0.2) is 17.9 Å². The van der Waals surface area contributed by atoms with Crippen molar-refractivity contribution in [3.05, 3.63) is 53.7 Å². The van der Waals surface area contributed by atoms with Crippen LogP contribution in [-0.4, -0.2) is 32.0 Å². The van der Waals surface area contributed by atoms with Gasteiger partial charge < -0.3 is 19.0 Å². The van der Waals surface area contributed by atoms with Crippen molar-refractivity contribution >= 4 is 22.3 Å². The zero-order valence-corrected chi connectivity index (χ0v) is 14.6. The Morgan fingerprint density at radius 2 is 2.04 bits per heavy atom. The first-order valence-electron chi connectivity index (χ1n) is 7.58. The quantitative estimate of drug-likeness (QED) is 0.716. The van der Waals surface area contributed by atoms with E-state index in [0.717, 1.165) is 24.3 Å². The molecule has 0 fully saturated rings. The summed E-state index contributed by atoms with van der Waals surface area (Å²) in [6, 6.07) is 6.28. The number of hydrogen-bond donors (Lipinski definition) is 2. The molecule has 8 nitrogen and oxygen atoms in total. The Kier molecular flexibility index (Phi) is 5.08. The summed E-state index contributed by atoms with van der Waals surface area (Å²) < 4.78 is 80.2. The van der Waals surface area contributed by atoms with Crippen molar-refractivity contribution < 1.29 is 45.4 Å². The lowest BCUT2D eigenvalue weighted by molar-refractivity contribution is -0.191. The number of benzene rings is 1. The van der Waals surface area contributed by atoms with E-state index in [1.165, 1.54) is 6.26 Å². The number of furan rings is 1. The molecule has 1 aliphatic rings. The summed E-state index contributed by atoms with van der Waals surface area (Å²) in [5, 5.41) is 8.64. The van der Waals surface area contributed by atoms with Crippen LogP contribution in [0.2, 0.25) is 0 Å². The van der Waals surface area contributed by atoms with Crippen LogP contribution >= 0.6 is 0 Å². The third-order valence-electron chi connectivity index (χ3n) is 3.61. The molecule has 0 spiro atoms. The summed E-state index contributed by atoms with van der Waals surface area (Å²) in [6.07, 6.45) is -7.39. The lowest BCUT2D eigenvalue weighted by atomic mass is 10.1.